The van der Waals surface area contributed by atoms with Crippen LogP contribution in [-0.4, -0.2) is 16.7 Å². The molecule has 1 aromatic carbocycles. The number of aryl methyl sites for hydroxylation is 1. The van der Waals surface area contributed by atoms with Gasteiger partial charge in [0, 0.05) is 16.5 Å². The Bertz CT molecular complexity index is 496. The number of aromatic nitrogens is 2. The number of hydrogen-bond acceptors (Lipinski definition) is 4. The van der Waals surface area contributed by atoms with Crippen molar-refractivity contribution in [1.82, 2.24) is 10.1 Å². The molecule has 1 aromatic heterocycles. The average molecular weight is 282 g/mol. The quantitative estimate of drug-likeness (QED) is 0.938. The van der Waals surface area contributed by atoms with E-state index >= 15 is 0 Å². The first-order valence-electron chi connectivity index (χ1n) is 5.00. The number of benzene rings is 1. The van der Waals surface area contributed by atoms with E-state index in [1.807, 2.05) is 25.1 Å². The molecule has 0 unspecified atom stereocenters. The summed E-state index contributed by atoms with van der Waals surface area (Å²) >= 11 is 3.47. The third-order valence-electron chi connectivity index (χ3n) is 2.25. The fourth-order valence-corrected chi connectivity index (χ4v) is 1.71. The molecule has 0 aliphatic heterocycles. The van der Waals surface area contributed by atoms with Crippen LogP contribution in [0.5, 0.6) is 0 Å². The van der Waals surface area contributed by atoms with Gasteiger partial charge in [0.2, 0.25) is 0 Å². The van der Waals surface area contributed by atoms with Gasteiger partial charge in [-0.3, -0.25) is 0 Å². The maximum atomic E-state index is 5.42. The Morgan fingerprint density at radius 1 is 1.44 bits per heavy atom. The summed E-state index contributed by atoms with van der Waals surface area (Å²) in [6.07, 6.45) is 0.635. The maximum Gasteiger partial charge on any atom is 0.257 e. The van der Waals surface area contributed by atoms with Gasteiger partial charge in [0.25, 0.3) is 5.89 Å². The first-order valence-corrected chi connectivity index (χ1v) is 5.79. The molecule has 5 heteroatoms. The van der Waals surface area contributed by atoms with Crippen LogP contribution in [0, 0.1) is 6.92 Å². The predicted molar refractivity (Wildman–Crippen MR) is 64.9 cm³/mol. The molecule has 2 aromatic rings. The van der Waals surface area contributed by atoms with Gasteiger partial charge < -0.3 is 10.3 Å². The van der Waals surface area contributed by atoms with Crippen molar-refractivity contribution in [2.45, 2.75) is 13.3 Å². The van der Waals surface area contributed by atoms with E-state index in [2.05, 4.69) is 26.1 Å². The molecule has 1 heterocycles. The molecule has 4 nitrogen and oxygen atoms in total. The highest BCUT2D eigenvalue weighted by atomic mass is 79.9. The minimum atomic E-state index is 0.524. The van der Waals surface area contributed by atoms with Crippen LogP contribution in [0.1, 0.15) is 11.4 Å². The van der Waals surface area contributed by atoms with Gasteiger partial charge in [0.15, 0.2) is 5.82 Å². The van der Waals surface area contributed by atoms with Crippen molar-refractivity contribution >= 4 is 15.9 Å². The summed E-state index contributed by atoms with van der Waals surface area (Å²) in [7, 11) is 0. The van der Waals surface area contributed by atoms with Gasteiger partial charge in [0.05, 0.1) is 0 Å². The van der Waals surface area contributed by atoms with Crippen molar-refractivity contribution in [1.29, 1.82) is 0 Å². The second kappa shape index (κ2) is 4.76. The molecule has 0 aliphatic rings. The van der Waals surface area contributed by atoms with Crippen LogP contribution in [0.3, 0.4) is 0 Å². The summed E-state index contributed by atoms with van der Waals surface area (Å²) in [5.41, 5.74) is 7.51. The average Bonchev–Trinajstić information content (AvgIpc) is 2.71. The third-order valence-corrected chi connectivity index (χ3v) is 3.11. The zero-order valence-corrected chi connectivity index (χ0v) is 10.5. The van der Waals surface area contributed by atoms with Crippen LogP contribution in [0.4, 0.5) is 0 Å². The first kappa shape index (κ1) is 11.3. The Labute approximate surface area is 102 Å². The van der Waals surface area contributed by atoms with Gasteiger partial charge in [-0.2, -0.15) is 4.98 Å². The highest BCUT2D eigenvalue weighted by molar-refractivity contribution is 9.10. The van der Waals surface area contributed by atoms with Crippen molar-refractivity contribution in [2.24, 2.45) is 5.73 Å². The lowest BCUT2D eigenvalue weighted by Crippen LogP contribution is -2.03. The molecule has 84 valence electrons. The minimum Gasteiger partial charge on any atom is -0.334 e. The lowest BCUT2D eigenvalue weighted by molar-refractivity contribution is 0.422. The molecule has 0 saturated heterocycles. The SMILES string of the molecule is Cc1ccc(-c2nc(CCN)no2)cc1Br. The van der Waals surface area contributed by atoms with E-state index in [9.17, 15) is 0 Å². The van der Waals surface area contributed by atoms with E-state index in [1.54, 1.807) is 0 Å². The van der Waals surface area contributed by atoms with Crippen molar-refractivity contribution in [3.8, 4) is 11.5 Å². The molecule has 0 amide bonds. The zero-order valence-electron chi connectivity index (χ0n) is 8.90. The fraction of sp³-hybridized carbons (Fsp3) is 0.273. The van der Waals surface area contributed by atoms with Crippen LogP contribution >= 0.6 is 15.9 Å². The first-order chi connectivity index (χ1) is 7.70. The molecule has 0 fully saturated rings. The summed E-state index contributed by atoms with van der Waals surface area (Å²) < 4.78 is 6.19. The van der Waals surface area contributed by atoms with E-state index < -0.39 is 0 Å². The monoisotopic (exact) mass is 281 g/mol. The van der Waals surface area contributed by atoms with E-state index in [4.69, 9.17) is 10.3 Å². The molecular weight excluding hydrogens is 270 g/mol. The molecule has 0 radical (unpaired) electrons. The topological polar surface area (TPSA) is 64.9 Å². The molecule has 16 heavy (non-hydrogen) atoms. The molecule has 0 aliphatic carbocycles. The second-order valence-electron chi connectivity index (χ2n) is 3.52. The van der Waals surface area contributed by atoms with Gasteiger partial charge >= 0.3 is 0 Å². The lowest BCUT2D eigenvalue weighted by Gasteiger charge is -1.98. The number of nitrogens with two attached hydrogens (primary N) is 1. The Hall–Kier alpha value is -1.20. The van der Waals surface area contributed by atoms with Crippen molar-refractivity contribution in [3.05, 3.63) is 34.1 Å². The van der Waals surface area contributed by atoms with Gasteiger partial charge in [-0.05, 0) is 31.2 Å². The van der Waals surface area contributed by atoms with Crippen LogP contribution in [0.25, 0.3) is 11.5 Å². The summed E-state index contributed by atoms with van der Waals surface area (Å²) in [6, 6.07) is 5.93. The largest absolute Gasteiger partial charge is 0.334 e. The Morgan fingerprint density at radius 3 is 2.94 bits per heavy atom. The van der Waals surface area contributed by atoms with Crippen LogP contribution in [0.2, 0.25) is 0 Å². The standard InChI is InChI=1S/C11H12BrN3O/c1-7-2-3-8(6-9(7)12)11-14-10(4-5-13)15-16-11/h2-3,6H,4-5,13H2,1H3. The number of nitrogens with zero attached hydrogens (tertiary/aromatic N) is 2. The lowest BCUT2D eigenvalue weighted by atomic mass is 10.1. The van der Waals surface area contributed by atoms with Gasteiger partial charge in [-0.25, -0.2) is 0 Å². The maximum absolute atomic E-state index is 5.42. The van der Waals surface area contributed by atoms with Crippen molar-refractivity contribution in [3.63, 3.8) is 0 Å². The Morgan fingerprint density at radius 2 is 2.25 bits per heavy atom. The van der Waals surface area contributed by atoms with Gasteiger partial charge in [-0.1, -0.05) is 27.2 Å². The summed E-state index contributed by atoms with van der Waals surface area (Å²) in [5.74, 6) is 1.18. The van der Waals surface area contributed by atoms with Crippen LogP contribution < -0.4 is 5.73 Å². The van der Waals surface area contributed by atoms with Crippen LogP contribution in [0.15, 0.2) is 27.2 Å². The Balaban J connectivity index is 2.31. The number of rotatable bonds is 3. The summed E-state index contributed by atoms with van der Waals surface area (Å²) in [5, 5.41) is 3.85. The van der Waals surface area contributed by atoms with Crippen molar-refractivity contribution < 1.29 is 4.52 Å². The molecule has 0 bridgehead atoms. The second-order valence-corrected chi connectivity index (χ2v) is 4.37. The third kappa shape index (κ3) is 2.31. The zero-order chi connectivity index (χ0) is 11.5. The molecule has 0 saturated carbocycles. The molecule has 2 N–H and O–H groups in total. The van der Waals surface area contributed by atoms with Crippen LogP contribution in [-0.2, 0) is 6.42 Å². The summed E-state index contributed by atoms with van der Waals surface area (Å²) in [6.45, 7) is 2.55. The van der Waals surface area contributed by atoms with Gasteiger partial charge in [-0.15, -0.1) is 0 Å². The van der Waals surface area contributed by atoms with E-state index in [0.29, 0.717) is 24.7 Å². The van der Waals surface area contributed by atoms with E-state index in [-0.39, 0.29) is 0 Å². The smallest absolute Gasteiger partial charge is 0.257 e. The fourth-order valence-electron chi connectivity index (χ4n) is 1.33. The minimum absolute atomic E-state index is 0.524. The Kier molecular flexibility index (Phi) is 3.36. The number of halogens is 1. The molecule has 0 spiro atoms. The highest BCUT2D eigenvalue weighted by Gasteiger charge is 2.09. The van der Waals surface area contributed by atoms with E-state index in [0.717, 1.165) is 10.0 Å². The molecular formula is C11H12BrN3O. The number of hydrogen-bond donors (Lipinski definition) is 1. The van der Waals surface area contributed by atoms with Gasteiger partial charge in [0.1, 0.15) is 0 Å². The summed E-state index contributed by atoms with van der Waals surface area (Å²) in [4.78, 5) is 4.26. The normalized spacial score (nSPS) is 10.7. The van der Waals surface area contributed by atoms with E-state index in [1.165, 1.54) is 5.56 Å². The van der Waals surface area contributed by atoms with Crippen molar-refractivity contribution in [2.75, 3.05) is 6.54 Å². The molecule has 0 atom stereocenters. The molecule has 2 rings (SSSR count). The predicted octanol–water partition coefficient (Wildman–Crippen LogP) is 2.31. The highest BCUT2D eigenvalue weighted by Crippen LogP contribution is 2.24.